The van der Waals surface area contributed by atoms with E-state index in [1.165, 1.54) is 238 Å². The molecule has 0 radical (unpaired) electrons. The second-order valence-corrected chi connectivity index (χ2v) is 16.7. The van der Waals surface area contributed by atoms with Crippen LogP contribution in [-0.4, -0.2) is 0 Å². The fourth-order valence-electron chi connectivity index (χ4n) is 8.38. The molecule has 0 atom stereocenters. The molecular formula is C45H92. The topological polar surface area (TPSA) is 0 Å². The van der Waals surface area contributed by atoms with Crippen LogP contribution in [-0.2, 0) is 0 Å². The molecule has 0 aromatic heterocycles. The van der Waals surface area contributed by atoms with Crippen molar-refractivity contribution in [3.63, 3.8) is 0 Å². The summed E-state index contributed by atoms with van der Waals surface area (Å²) in [7, 11) is 0. The number of hydrogen-bond donors (Lipinski definition) is 0. The summed E-state index contributed by atoms with van der Waals surface area (Å²) < 4.78 is 0. The molecule has 0 aromatic rings. The minimum absolute atomic E-state index is 0.555. The molecule has 0 nitrogen and oxygen atoms in total. The fourth-order valence-corrected chi connectivity index (χ4v) is 8.38. The SMILES string of the molecule is CCCCCCCCCCC(C)(CCCCCCCCCC)CC(C)(CCCCCCCCCC)CCCCCCCCCC. The standard InChI is InChI=1S/C45H92/c1-7-11-15-19-23-27-31-35-39-44(5,40-36-32-28-24-20-16-12-8-2)43-45(6,41-37-33-29-25-21-17-13-9-3)42-38-34-30-26-22-18-14-10-4/h7-43H2,1-6H3. The lowest BCUT2D eigenvalue weighted by Crippen LogP contribution is -2.28. The number of unbranched alkanes of at least 4 members (excludes halogenated alkanes) is 28. The summed E-state index contributed by atoms with van der Waals surface area (Å²) in [6, 6.07) is 0. The van der Waals surface area contributed by atoms with Crippen molar-refractivity contribution >= 4 is 0 Å². The smallest absolute Gasteiger partial charge is 0.0321 e. The van der Waals surface area contributed by atoms with Crippen LogP contribution in [0, 0.1) is 10.8 Å². The summed E-state index contributed by atoms with van der Waals surface area (Å²) >= 11 is 0. The van der Waals surface area contributed by atoms with Crippen LogP contribution in [0.1, 0.15) is 279 Å². The Hall–Kier alpha value is 0. The maximum atomic E-state index is 2.75. The molecule has 0 bridgehead atoms. The number of hydrogen-bond acceptors (Lipinski definition) is 0. The zero-order valence-electron chi connectivity index (χ0n) is 33.2. The third kappa shape index (κ3) is 31.0. The Kier molecular flexibility index (Phi) is 33.9. The van der Waals surface area contributed by atoms with E-state index in [4.69, 9.17) is 0 Å². The lowest BCUT2D eigenvalue weighted by molar-refractivity contribution is 0.107. The van der Waals surface area contributed by atoms with E-state index >= 15 is 0 Å². The van der Waals surface area contributed by atoms with E-state index in [1.54, 1.807) is 0 Å². The highest BCUT2D eigenvalue weighted by Gasteiger charge is 2.34. The summed E-state index contributed by atoms with van der Waals surface area (Å²) in [5, 5.41) is 0. The van der Waals surface area contributed by atoms with Crippen molar-refractivity contribution in [3.8, 4) is 0 Å². The maximum absolute atomic E-state index is 2.75. The van der Waals surface area contributed by atoms with Crippen molar-refractivity contribution in [1.29, 1.82) is 0 Å². The molecular weight excluding hydrogens is 540 g/mol. The van der Waals surface area contributed by atoms with Gasteiger partial charge in [0.1, 0.15) is 0 Å². The van der Waals surface area contributed by atoms with E-state index in [0.29, 0.717) is 10.8 Å². The molecule has 0 aromatic carbocycles. The molecule has 0 aliphatic heterocycles. The summed E-state index contributed by atoms with van der Waals surface area (Å²) in [4.78, 5) is 0. The average molecular weight is 633 g/mol. The molecule has 0 heterocycles. The highest BCUT2D eigenvalue weighted by Crippen LogP contribution is 2.47. The Morgan fingerprint density at radius 3 is 0.556 bits per heavy atom. The first kappa shape index (κ1) is 45.0. The van der Waals surface area contributed by atoms with Crippen LogP contribution in [0.5, 0.6) is 0 Å². The summed E-state index contributed by atoms with van der Waals surface area (Å²) in [5.41, 5.74) is 1.11. The Bertz CT molecular complexity index is 458. The molecule has 0 spiro atoms. The van der Waals surface area contributed by atoms with Crippen molar-refractivity contribution < 1.29 is 0 Å². The van der Waals surface area contributed by atoms with Crippen LogP contribution in [0.4, 0.5) is 0 Å². The molecule has 45 heavy (non-hydrogen) atoms. The third-order valence-corrected chi connectivity index (χ3v) is 11.4. The molecule has 0 amide bonds. The van der Waals surface area contributed by atoms with Gasteiger partial charge in [-0.3, -0.25) is 0 Å². The second kappa shape index (κ2) is 33.9. The van der Waals surface area contributed by atoms with Crippen LogP contribution >= 0.6 is 0 Å². The molecule has 0 unspecified atom stereocenters. The monoisotopic (exact) mass is 633 g/mol. The van der Waals surface area contributed by atoms with Gasteiger partial charge in [0.15, 0.2) is 0 Å². The predicted molar refractivity (Wildman–Crippen MR) is 210 cm³/mol. The van der Waals surface area contributed by atoms with Crippen molar-refractivity contribution in [2.24, 2.45) is 10.8 Å². The molecule has 0 aliphatic rings. The first-order valence-corrected chi connectivity index (χ1v) is 21.9. The molecule has 0 saturated carbocycles. The van der Waals surface area contributed by atoms with Gasteiger partial charge in [-0.25, -0.2) is 0 Å². The van der Waals surface area contributed by atoms with Crippen LogP contribution in [0.15, 0.2) is 0 Å². The molecule has 0 aliphatic carbocycles. The first-order valence-electron chi connectivity index (χ1n) is 21.9. The van der Waals surface area contributed by atoms with Crippen LogP contribution in [0.2, 0.25) is 0 Å². The van der Waals surface area contributed by atoms with Gasteiger partial charge in [-0.15, -0.1) is 0 Å². The van der Waals surface area contributed by atoms with E-state index in [9.17, 15) is 0 Å². The van der Waals surface area contributed by atoms with Crippen LogP contribution < -0.4 is 0 Å². The minimum Gasteiger partial charge on any atom is -0.0654 e. The average Bonchev–Trinajstić information content (AvgIpc) is 3.02. The van der Waals surface area contributed by atoms with E-state index in [1.807, 2.05) is 0 Å². The second-order valence-electron chi connectivity index (χ2n) is 16.7. The van der Waals surface area contributed by atoms with Gasteiger partial charge in [0.2, 0.25) is 0 Å². The van der Waals surface area contributed by atoms with Crippen molar-refractivity contribution in [3.05, 3.63) is 0 Å². The van der Waals surface area contributed by atoms with Crippen molar-refractivity contribution in [2.75, 3.05) is 0 Å². The van der Waals surface area contributed by atoms with E-state index in [0.717, 1.165) is 0 Å². The van der Waals surface area contributed by atoms with Gasteiger partial charge < -0.3 is 0 Å². The molecule has 0 N–H and O–H groups in total. The highest BCUT2D eigenvalue weighted by molar-refractivity contribution is 4.86. The number of rotatable bonds is 38. The van der Waals surface area contributed by atoms with Crippen molar-refractivity contribution in [1.82, 2.24) is 0 Å². The zero-order valence-corrected chi connectivity index (χ0v) is 33.2. The van der Waals surface area contributed by atoms with Crippen LogP contribution in [0.25, 0.3) is 0 Å². The van der Waals surface area contributed by atoms with Gasteiger partial charge in [-0.1, -0.05) is 247 Å². The summed E-state index contributed by atoms with van der Waals surface area (Å²) in [6.45, 7) is 14.8. The Morgan fingerprint density at radius 1 is 0.222 bits per heavy atom. The van der Waals surface area contributed by atoms with Gasteiger partial charge >= 0.3 is 0 Å². The summed E-state index contributed by atoms with van der Waals surface area (Å²) in [5.74, 6) is 0. The molecule has 0 fully saturated rings. The van der Waals surface area contributed by atoms with Gasteiger partial charge in [0.05, 0.1) is 0 Å². The minimum atomic E-state index is 0.555. The fraction of sp³-hybridized carbons (Fsp3) is 1.00. The molecule has 0 heteroatoms. The zero-order chi connectivity index (χ0) is 33.2. The predicted octanol–water partition coefficient (Wildman–Crippen LogP) is 17.5. The van der Waals surface area contributed by atoms with Gasteiger partial charge in [0.25, 0.3) is 0 Å². The summed E-state index contributed by atoms with van der Waals surface area (Å²) in [6.07, 6.45) is 54.0. The molecule has 0 saturated heterocycles. The van der Waals surface area contributed by atoms with Crippen molar-refractivity contribution in [2.45, 2.75) is 279 Å². The molecule has 0 rings (SSSR count). The van der Waals surface area contributed by atoms with E-state index in [2.05, 4.69) is 41.5 Å². The Labute approximate surface area is 289 Å². The van der Waals surface area contributed by atoms with Gasteiger partial charge in [0, 0.05) is 0 Å². The lowest BCUT2D eigenvalue weighted by Gasteiger charge is -2.41. The Morgan fingerprint density at radius 2 is 0.378 bits per heavy atom. The highest BCUT2D eigenvalue weighted by atomic mass is 14.4. The molecule has 272 valence electrons. The van der Waals surface area contributed by atoms with E-state index in [-0.39, 0.29) is 0 Å². The van der Waals surface area contributed by atoms with Gasteiger partial charge in [-0.05, 0) is 42.9 Å². The lowest BCUT2D eigenvalue weighted by atomic mass is 9.65. The quantitative estimate of drug-likeness (QED) is 0.0594. The van der Waals surface area contributed by atoms with E-state index < -0.39 is 0 Å². The largest absolute Gasteiger partial charge is 0.0654 e. The Balaban J connectivity index is 5.06. The first-order chi connectivity index (χ1) is 21.9. The normalized spacial score (nSPS) is 12.4. The third-order valence-electron chi connectivity index (χ3n) is 11.4. The maximum Gasteiger partial charge on any atom is -0.0321 e. The van der Waals surface area contributed by atoms with Crippen LogP contribution in [0.3, 0.4) is 0 Å². The van der Waals surface area contributed by atoms with Gasteiger partial charge in [-0.2, -0.15) is 0 Å².